The van der Waals surface area contributed by atoms with Gasteiger partial charge >= 0.3 is 0 Å². The summed E-state index contributed by atoms with van der Waals surface area (Å²) in [5.74, 6) is 2.74. The van der Waals surface area contributed by atoms with Crippen LogP contribution in [0, 0.1) is 37.5 Å². The third kappa shape index (κ3) is 4.07. The summed E-state index contributed by atoms with van der Waals surface area (Å²) in [6, 6.07) is 0.440. The van der Waals surface area contributed by atoms with Crippen LogP contribution in [0.4, 0.5) is 0 Å². The first-order valence-electron chi connectivity index (χ1n) is 11.1. The topological polar surface area (TPSA) is 81.2 Å². The summed E-state index contributed by atoms with van der Waals surface area (Å²) in [6.07, 6.45) is 6.91. The fourth-order valence-electron chi connectivity index (χ4n) is 5.88. The molecule has 1 saturated heterocycles. The van der Waals surface area contributed by atoms with Crippen LogP contribution in [0.1, 0.15) is 62.9 Å². The number of aromatic nitrogens is 2. The number of aryl methyl sites for hydroxylation is 1. The van der Waals surface area contributed by atoms with Gasteiger partial charge in [-0.2, -0.15) is 0 Å². The Hall–Kier alpha value is -1.50. The first-order valence-corrected chi connectivity index (χ1v) is 12.1. The van der Waals surface area contributed by atoms with Gasteiger partial charge in [0.15, 0.2) is 5.16 Å². The number of hydrogen-bond acceptors (Lipinski definition) is 4. The molecule has 1 aromatic heterocycles. The molecule has 1 aliphatic heterocycles. The van der Waals surface area contributed by atoms with Gasteiger partial charge in [-0.3, -0.25) is 9.59 Å². The molecule has 7 heteroatoms. The number of rotatable bonds is 6. The summed E-state index contributed by atoms with van der Waals surface area (Å²) in [6.45, 7) is 7.83. The van der Waals surface area contributed by atoms with E-state index >= 15 is 0 Å². The zero-order valence-corrected chi connectivity index (χ0v) is 18.7. The van der Waals surface area contributed by atoms with Crippen LogP contribution in [0.15, 0.2) is 5.16 Å². The minimum Gasteiger partial charge on any atom is -0.369 e. The SMILES string of the molecule is Cc1nc(SCC(=O)N2CCC(C(N)=O)CC2)n(C(C)C2CC3CCC2C3)c1C. The Labute approximate surface area is 178 Å². The number of nitrogens with two attached hydrogens (primary N) is 1. The number of amides is 2. The fraction of sp³-hybridized carbons (Fsp3) is 0.773. The van der Waals surface area contributed by atoms with Gasteiger partial charge in [0.1, 0.15) is 0 Å². The molecule has 3 fully saturated rings. The Morgan fingerprint density at radius 1 is 1.17 bits per heavy atom. The van der Waals surface area contributed by atoms with E-state index in [4.69, 9.17) is 10.7 Å². The number of primary amides is 1. The average molecular weight is 419 g/mol. The van der Waals surface area contributed by atoms with E-state index in [-0.39, 0.29) is 17.7 Å². The molecule has 2 saturated carbocycles. The first kappa shape index (κ1) is 20.8. The third-order valence-electron chi connectivity index (χ3n) is 7.75. The maximum atomic E-state index is 12.7. The molecule has 0 aromatic carbocycles. The fourth-order valence-corrected chi connectivity index (χ4v) is 6.96. The minimum absolute atomic E-state index is 0.0847. The van der Waals surface area contributed by atoms with Crippen molar-refractivity contribution in [3.8, 4) is 0 Å². The Balaban J connectivity index is 1.40. The molecule has 4 atom stereocenters. The van der Waals surface area contributed by atoms with Gasteiger partial charge in [-0.25, -0.2) is 4.98 Å². The molecule has 0 radical (unpaired) electrons. The van der Waals surface area contributed by atoms with E-state index in [9.17, 15) is 9.59 Å². The van der Waals surface area contributed by atoms with Crippen LogP contribution in [0.2, 0.25) is 0 Å². The molecule has 2 heterocycles. The zero-order valence-electron chi connectivity index (χ0n) is 17.9. The molecule has 2 amide bonds. The second-order valence-electron chi connectivity index (χ2n) is 9.36. The van der Waals surface area contributed by atoms with Crippen molar-refractivity contribution in [2.45, 2.75) is 70.5 Å². The summed E-state index contributed by atoms with van der Waals surface area (Å²) >= 11 is 1.57. The van der Waals surface area contributed by atoms with Gasteiger partial charge in [-0.15, -0.1) is 0 Å². The van der Waals surface area contributed by atoms with Crippen molar-refractivity contribution in [2.24, 2.45) is 29.4 Å². The second kappa shape index (κ2) is 8.32. The molecule has 6 nitrogen and oxygen atoms in total. The Morgan fingerprint density at radius 2 is 1.90 bits per heavy atom. The molecule has 4 rings (SSSR count). The molecule has 160 valence electrons. The van der Waals surface area contributed by atoms with Crippen LogP contribution < -0.4 is 5.73 Å². The third-order valence-corrected chi connectivity index (χ3v) is 8.69. The van der Waals surface area contributed by atoms with Crippen molar-refractivity contribution in [3.05, 3.63) is 11.4 Å². The van der Waals surface area contributed by atoms with Crippen LogP contribution in [0.5, 0.6) is 0 Å². The Morgan fingerprint density at radius 3 is 2.48 bits per heavy atom. The number of nitrogens with zero attached hydrogens (tertiary/aromatic N) is 3. The van der Waals surface area contributed by atoms with Crippen molar-refractivity contribution >= 4 is 23.6 Å². The average Bonchev–Trinajstić information content (AvgIpc) is 3.41. The van der Waals surface area contributed by atoms with Crippen molar-refractivity contribution < 1.29 is 9.59 Å². The van der Waals surface area contributed by atoms with Crippen LogP contribution in [-0.4, -0.2) is 45.1 Å². The molecule has 2 N–H and O–H groups in total. The predicted molar refractivity (Wildman–Crippen MR) is 115 cm³/mol. The van der Waals surface area contributed by atoms with E-state index < -0.39 is 0 Å². The molecular weight excluding hydrogens is 384 g/mol. The number of thioether (sulfide) groups is 1. The molecule has 2 bridgehead atoms. The number of piperidine rings is 1. The summed E-state index contributed by atoms with van der Waals surface area (Å²) < 4.78 is 2.40. The monoisotopic (exact) mass is 418 g/mol. The first-order chi connectivity index (χ1) is 13.8. The number of likely N-dealkylation sites (tertiary alicyclic amines) is 1. The molecule has 2 aliphatic carbocycles. The summed E-state index contributed by atoms with van der Waals surface area (Å²) in [5, 5.41) is 0.982. The van der Waals surface area contributed by atoms with Crippen LogP contribution in [0.3, 0.4) is 0 Å². The van der Waals surface area contributed by atoms with Crippen LogP contribution in [-0.2, 0) is 9.59 Å². The van der Waals surface area contributed by atoms with E-state index in [1.807, 2.05) is 4.90 Å². The second-order valence-corrected chi connectivity index (χ2v) is 10.3. The predicted octanol–water partition coefficient (Wildman–Crippen LogP) is 3.31. The maximum absolute atomic E-state index is 12.7. The van der Waals surface area contributed by atoms with Crippen LogP contribution >= 0.6 is 11.8 Å². The van der Waals surface area contributed by atoms with Gasteiger partial charge < -0.3 is 15.2 Å². The number of fused-ring (bicyclic) bond motifs is 2. The van der Waals surface area contributed by atoms with Crippen molar-refractivity contribution in [1.82, 2.24) is 14.5 Å². The molecule has 0 spiro atoms. The van der Waals surface area contributed by atoms with E-state index in [2.05, 4.69) is 25.3 Å². The standard InChI is InChI=1S/C22H34N4O2S/c1-13-14(2)26(15(3)19-11-16-4-5-18(19)10-16)22(24-13)29-12-20(27)25-8-6-17(7-9-25)21(23)28/h15-19H,4-12H2,1-3H3,(H2,23,28). The van der Waals surface area contributed by atoms with Gasteiger partial charge in [0, 0.05) is 30.7 Å². The Bertz CT molecular complexity index is 784. The van der Waals surface area contributed by atoms with E-state index in [0.717, 1.165) is 28.6 Å². The number of hydrogen-bond donors (Lipinski definition) is 1. The van der Waals surface area contributed by atoms with E-state index in [1.165, 1.54) is 31.4 Å². The smallest absolute Gasteiger partial charge is 0.233 e. The summed E-state index contributed by atoms with van der Waals surface area (Å²) in [5.41, 5.74) is 7.70. The van der Waals surface area contributed by atoms with Gasteiger partial charge in [0.2, 0.25) is 11.8 Å². The Kier molecular flexibility index (Phi) is 5.96. The maximum Gasteiger partial charge on any atom is 0.233 e. The van der Waals surface area contributed by atoms with Gasteiger partial charge in [0.05, 0.1) is 11.4 Å². The molecular formula is C22H34N4O2S. The number of carbonyl (C=O) groups excluding carboxylic acids is 2. The highest BCUT2D eigenvalue weighted by Crippen LogP contribution is 2.52. The van der Waals surface area contributed by atoms with Gasteiger partial charge in [0.25, 0.3) is 0 Å². The minimum atomic E-state index is -0.242. The van der Waals surface area contributed by atoms with Crippen molar-refractivity contribution in [2.75, 3.05) is 18.8 Å². The number of imidazole rings is 1. The zero-order chi connectivity index (χ0) is 20.7. The quantitative estimate of drug-likeness (QED) is 0.719. The highest BCUT2D eigenvalue weighted by Gasteiger charge is 2.43. The van der Waals surface area contributed by atoms with E-state index in [0.29, 0.717) is 37.7 Å². The lowest BCUT2D eigenvalue weighted by Gasteiger charge is -2.31. The lowest BCUT2D eigenvalue weighted by atomic mass is 9.84. The molecule has 29 heavy (non-hydrogen) atoms. The van der Waals surface area contributed by atoms with Crippen LogP contribution in [0.25, 0.3) is 0 Å². The highest BCUT2D eigenvalue weighted by atomic mass is 32.2. The van der Waals surface area contributed by atoms with Gasteiger partial charge in [-0.1, -0.05) is 18.2 Å². The normalized spacial score (nSPS) is 28.1. The lowest BCUT2D eigenvalue weighted by Crippen LogP contribution is -2.42. The lowest BCUT2D eigenvalue weighted by molar-refractivity contribution is -0.132. The number of carbonyl (C=O) groups is 2. The van der Waals surface area contributed by atoms with Crippen molar-refractivity contribution in [1.29, 1.82) is 0 Å². The summed E-state index contributed by atoms with van der Waals surface area (Å²) in [4.78, 5) is 30.8. The van der Waals surface area contributed by atoms with Crippen molar-refractivity contribution in [3.63, 3.8) is 0 Å². The van der Waals surface area contributed by atoms with Gasteiger partial charge in [-0.05, 0) is 70.6 Å². The molecule has 4 unspecified atom stereocenters. The van der Waals surface area contributed by atoms with E-state index in [1.54, 1.807) is 11.8 Å². The summed E-state index contributed by atoms with van der Waals surface area (Å²) in [7, 11) is 0. The highest BCUT2D eigenvalue weighted by molar-refractivity contribution is 7.99. The molecule has 1 aromatic rings. The largest absolute Gasteiger partial charge is 0.369 e. The molecule has 3 aliphatic rings.